The summed E-state index contributed by atoms with van der Waals surface area (Å²) in [4.78, 5) is 35.6. The average molecular weight is 409 g/mol. The van der Waals surface area contributed by atoms with Crippen LogP contribution in [0.1, 0.15) is 27.5 Å². The minimum atomic E-state index is -0.499. The fourth-order valence-corrected chi connectivity index (χ4v) is 2.90. The number of furan rings is 1. The van der Waals surface area contributed by atoms with Crippen LogP contribution >= 0.6 is 0 Å². The highest BCUT2D eigenvalue weighted by molar-refractivity contribution is 5.94. The molecular weight excluding hydrogens is 386 g/mol. The van der Waals surface area contributed by atoms with Gasteiger partial charge in [0.15, 0.2) is 5.76 Å². The molecule has 0 bridgehead atoms. The Labute approximate surface area is 173 Å². The molecule has 0 radical (unpaired) electrons. The fourth-order valence-electron chi connectivity index (χ4n) is 2.90. The number of rotatable bonds is 8. The number of para-hydroxylation sites is 1. The SMILES string of the molecule is Cc1nn(-c2ccccc2)c(C)c1CNC(=O)CNC(=O)CNC(=O)c1ccco1. The predicted octanol–water partition coefficient (Wildman–Crippen LogP) is 1.24. The highest BCUT2D eigenvalue weighted by Crippen LogP contribution is 2.17. The molecule has 0 unspecified atom stereocenters. The van der Waals surface area contributed by atoms with Crippen LogP contribution in [-0.2, 0) is 16.1 Å². The predicted molar refractivity (Wildman–Crippen MR) is 109 cm³/mol. The summed E-state index contributed by atoms with van der Waals surface area (Å²) in [5.74, 6) is -1.20. The number of carbonyl (C=O) groups excluding carboxylic acids is 3. The van der Waals surface area contributed by atoms with Gasteiger partial charge in [0.25, 0.3) is 5.91 Å². The fraction of sp³-hybridized carbons (Fsp3) is 0.238. The maximum atomic E-state index is 12.1. The van der Waals surface area contributed by atoms with Crippen LogP contribution in [0.2, 0.25) is 0 Å². The van der Waals surface area contributed by atoms with E-state index in [1.54, 1.807) is 6.07 Å². The normalized spacial score (nSPS) is 10.5. The van der Waals surface area contributed by atoms with Gasteiger partial charge in [0.05, 0.1) is 30.7 Å². The van der Waals surface area contributed by atoms with Crippen LogP contribution in [0.15, 0.2) is 53.1 Å². The monoisotopic (exact) mass is 409 g/mol. The van der Waals surface area contributed by atoms with Crippen LogP contribution in [0.5, 0.6) is 0 Å². The minimum absolute atomic E-state index is 0.113. The van der Waals surface area contributed by atoms with Crippen molar-refractivity contribution in [3.8, 4) is 5.69 Å². The number of nitrogens with zero attached hydrogens (tertiary/aromatic N) is 2. The van der Waals surface area contributed by atoms with Crippen molar-refractivity contribution in [1.29, 1.82) is 0 Å². The summed E-state index contributed by atoms with van der Waals surface area (Å²) in [6.07, 6.45) is 1.37. The van der Waals surface area contributed by atoms with E-state index in [0.717, 1.165) is 22.6 Å². The van der Waals surface area contributed by atoms with E-state index in [-0.39, 0.29) is 24.8 Å². The molecule has 0 aliphatic rings. The Balaban J connectivity index is 1.45. The second-order valence-electron chi connectivity index (χ2n) is 6.61. The summed E-state index contributed by atoms with van der Waals surface area (Å²) in [6.45, 7) is 3.68. The molecular formula is C21H23N5O4. The van der Waals surface area contributed by atoms with Crippen molar-refractivity contribution in [3.63, 3.8) is 0 Å². The van der Waals surface area contributed by atoms with E-state index in [4.69, 9.17) is 4.42 Å². The van der Waals surface area contributed by atoms with Gasteiger partial charge in [-0.25, -0.2) is 4.68 Å². The molecule has 156 valence electrons. The molecule has 1 aromatic carbocycles. The molecule has 0 saturated carbocycles. The zero-order valence-corrected chi connectivity index (χ0v) is 16.8. The minimum Gasteiger partial charge on any atom is -0.459 e. The van der Waals surface area contributed by atoms with Gasteiger partial charge >= 0.3 is 0 Å². The summed E-state index contributed by atoms with van der Waals surface area (Å²) < 4.78 is 6.77. The summed E-state index contributed by atoms with van der Waals surface area (Å²) in [6, 6.07) is 12.8. The first-order chi connectivity index (χ1) is 14.5. The standard InChI is InChI=1S/C21H23N5O4/c1-14-17(15(2)26(25-14)16-7-4-3-5-8-16)11-22-19(27)12-23-20(28)13-24-21(29)18-9-6-10-30-18/h3-10H,11-13H2,1-2H3,(H,22,27)(H,23,28)(H,24,29). The first-order valence-electron chi connectivity index (χ1n) is 9.41. The van der Waals surface area contributed by atoms with Crippen LogP contribution in [0.25, 0.3) is 5.69 Å². The van der Waals surface area contributed by atoms with Crippen molar-refractivity contribution in [2.24, 2.45) is 0 Å². The quantitative estimate of drug-likeness (QED) is 0.517. The van der Waals surface area contributed by atoms with Crippen LogP contribution in [0.3, 0.4) is 0 Å². The van der Waals surface area contributed by atoms with Crippen molar-refractivity contribution in [2.45, 2.75) is 20.4 Å². The number of nitrogens with one attached hydrogen (secondary N) is 3. The molecule has 3 aromatic rings. The second-order valence-corrected chi connectivity index (χ2v) is 6.61. The molecule has 9 heteroatoms. The zero-order valence-electron chi connectivity index (χ0n) is 16.8. The first-order valence-corrected chi connectivity index (χ1v) is 9.41. The van der Waals surface area contributed by atoms with Gasteiger partial charge in [0.2, 0.25) is 11.8 Å². The molecule has 30 heavy (non-hydrogen) atoms. The van der Waals surface area contributed by atoms with Crippen LogP contribution in [-0.4, -0.2) is 40.6 Å². The van der Waals surface area contributed by atoms with Crippen LogP contribution < -0.4 is 16.0 Å². The summed E-state index contributed by atoms with van der Waals surface area (Å²) >= 11 is 0. The number of hydrogen-bond acceptors (Lipinski definition) is 5. The molecule has 2 heterocycles. The maximum absolute atomic E-state index is 12.1. The number of benzene rings is 1. The third kappa shape index (κ3) is 5.13. The Morgan fingerprint density at radius 2 is 1.63 bits per heavy atom. The van der Waals surface area contributed by atoms with Gasteiger partial charge in [-0.3, -0.25) is 14.4 Å². The number of carbonyl (C=O) groups is 3. The zero-order chi connectivity index (χ0) is 21.5. The number of amides is 3. The topological polar surface area (TPSA) is 118 Å². The van der Waals surface area contributed by atoms with E-state index < -0.39 is 11.8 Å². The molecule has 3 amide bonds. The summed E-state index contributed by atoms with van der Waals surface area (Å²) in [7, 11) is 0. The second kappa shape index (κ2) is 9.55. The first kappa shape index (κ1) is 20.8. The Bertz CT molecular complexity index is 1030. The largest absolute Gasteiger partial charge is 0.459 e. The van der Waals surface area contributed by atoms with Crippen molar-refractivity contribution in [2.75, 3.05) is 13.1 Å². The Kier molecular flexibility index (Phi) is 6.63. The maximum Gasteiger partial charge on any atom is 0.287 e. The van der Waals surface area contributed by atoms with Gasteiger partial charge in [-0.2, -0.15) is 5.10 Å². The van der Waals surface area contributed by atoms with Crippen molar-refractivity contribution < 1.29 is 18.8 Å². The average Bonchev–Trinajstić information content (AvgIpc) is 3.38. The molecule has 0 aliphatic carbocycles. The van der Waals surface area contributed by atoms with Gasteiger partial charge in [-0.05, 0) is 38.1 Å². The molecule has 9 nitrogen and oxygen atoms in total. The molecule has 0 aliphatic heterocycles. The lowest BCUT2D eigenvalue weighted by atomic mass is 10.2. The lowest BCUT2D eigenvalue weighted by Crippen LogP contribution is -2.41. The summed E-state index contributed by atoms with van der Waals surface area (Å²) in [5.41, 5.74) is 3.62. The lowest BCUT2D eigenvalue weighted by molar-refractivity contribution is -0.125. The third-order valence-corrected chi connectivity index (χ3v) is 4.50. The van der Waals surface area contributed by atoms with Crippen molar-refractivity contribution >= 4 is 17.7 Å². The number of aryl methyl sites for hydroxylation is 1. The molecule has 3 N–H and O–H groups in total. The number of hydrogen-bond donors (Lipinski definition) is 3. The van der Waals surface area contributed by atoms with E-state index in [9.17, 15) is 14.4 Å². The molecule has 0 atom stereocenters. The van der Waals surface area contributed by atoms with E-state index in [0.29, 0.717) is 6.54 Å². The van der Waals surface area contributed by atoms with Crippen molar-refractivity contribution in [3.05, 3.63) is 71.4 Å². The molecule has 0 saturated heterocycles. The van der Waals surface area contributed by atoms with Gasteiger partial charge in [0.1, 0.15) is 0 Å². The smallest absolute Gasteiger partial charge is 0.287 e. The van der Waals surface area contributed by atoms with Gasteiger partial charge in [0, 0.05) is 17.8 Å². The third-order valence-electron chi connectivity index (χ3n) is 4.50. The molecule has 0 spiro atoms. The summed E-state index contributed by atoms with van der Waals surface area (Å²) in [5, 5.41) is 12.2. The lowest BCUT2D eigenvalue weighted by Gasteiger charge is -2.08. The van der Waals surface area contributed by atoms with Gasteiger partial charge in [-0.15, -0.1) is 0 Å². The van der Waals surface area contributed by atoms with E-state index in [1.165, 1.54) is 12.3 Å². The number of aromatic nitrogens is 2. The molecule has 2 aromatic heterocycles. The Morgan fingerprint density at radius 3 is 2.33 bits per heavy atom. The highest BCUT2D eigenvalue weighted by atomic mass is 16.3. The van der Waals surface area contributed by atoms with Gasteiger partial charge < -0.3 is 20.4 Å². The van der Waals surface area contributed by atoms with Gasteiger partial charge in [-0.1, -0.05) is 18.2 Å². The van der Waals surface area contributed by atoms with E-state index in [1.807, 2.05) is 48.9 Å². The molecule has 0 fully saturated rings. The van der Waals surface area contributed by atoms with Crippen molar-refractivity contribution in [1.82, 2.24) is 25.7 Å². The van der Waals surface area contributed by atoms with E-state index >= 15 is 0 Å². The highest BCUT2D eigenvalue weighted by Gasteiger charge is 2.14. The Hall–Kier alpha value is -3.88. The molecule has 3 rings (SSSR count). The van der Waals surface area contributed by atoms with Crippen LogP contribution in [0.4, 0.5) is 0 Å². The van der Waals surface area contributed by atoms with E-state index in [2.05, 4.69) is 21.0 Å². The Morgan fingerprint density at radius 1 is 0.933 bits per heavy atom. The van der Waals surface area contributed by atoms with Crippen LogP contribution in [0, 0.1) is 13.8 Å².